The van der Waals surface area contributed by atoms with E-state index < -0.39 is 0 Å². The van der Waals surface area contributed by atoms with Crippen molar-refractivity contribution in [3.63, 3.8) is 0 Å². The maximum atomic E-state index is 2.59. The van der Waals surface area contributed by atoms with Crippen molar-refractivity contribution in [2.75, 3.05) is 9.80 Å². The van der Waals surface area contributed by atoms with Gasteiger partial charge in [0.05, 0.1) is 17.2 Å². The van der Waals surface area contributed by atoms with Crippen LogP contribution in [-0.2, 0) is 0 Å². The first-order valence-corrected chi connectivity index (χ1v) is 8.89. The highest BCUT2D eigenvalue weighted by Crippen LogP contribution is 2.49. The van der Waals surface area contributed by atoms with Gasteiger partial charge in [-0.2, -0.15) is 0 Å². The minimum atomic E-state index is 0.000805. The van der Waals surface area contributed by atoms with Crippen LogP contribution in [0.5, 0.6) is 0 Å². The van der Waals surface area contributed by atoms with E-state index in [-0.39, 0.29) is 17.2 Å². The van der Waals surface area contributed by atoms with Gasteiger partial charge in [-0.05, 0) is 71.7 Å². The molecule has 3 rings (SSSR count). The van der Waals surface area contributed by atoms with Crippen LogP contribution in [0.25, 0.3) is 0 Å². The van der Waals surface area contributed by atoms with Crippen molar-refractivity contribution < 1.29 is 0 Å². The maximum absolute atomic E-state index is 2.59. The average molecular weight is 322 g/mol. The van der Waals surface area contributed by atoms with E-state index in [1.54, 1.807) is 0 Å². The molecule has 1 aliphatic heterocycles. The van der Waals surface area contributed by atoms with Gasteiger partial charge < -0.3 is 9.80 Å². The Morgan fingerprint density at radius 1 is 0.667 bits per heavy atom. The van der Waals surface area contributed by atoms with Crippen molar-refractivity contribution in [1.29, 1.82) is 0 Å². The molecule has 128 valence electrons. The molecule has 0 aliphatic carbocycles. The summed E-state index contributed by atoms with van der Waals surface area (Å²) < 4.78 is 0. The predicted octanol–water partition coefficient (Wildman–Crippen LogP) is 5.53. The number of benzene rings is 2. The van der Waals surface area contributed by atoms with E-state index in [2.05, 4.69) is 107 Å². The van der Waals surface area contributed by atoms with E-state index >= 15 is 0 Å². The fourth-order valence-electron chi connectivity index (χ4n) is 4.31. The number of aryl methyl sites for hydroxylation is 2. The summed E-state index contributed by atoms with van der Waals surface area (Å²) in [6, 6.07) is 17.5. The molecule has 1 saturated heterocycles. The molecule has 0 atom stereocenters. The van der Waals surface area contributed by atoms with Gasteiger partial charge in [-0.25, -0.2) is 0 Å². The van der Waals surface area contributed by atoms with E-state index in [9.17, 15) is 0 Å². The standard InChI is InChI=1S/C22H30N2/c1-16-12-8-10-14-19(16)23-18(3)24(22(6,7)21(23,4)5)20-15-11-9-13-17(20)2/h8-15,18H,1-7H3. The number of hydrogen-bond acceptors (Lipinski definition) is 2. The Labute approximate surface area is 147 Å². The van der Waals surface area contributed by atoms with Crippen molar-refractivity contribution in [2.24, 2.45) is 0 Å². The summed E-state index contributed by atoms with van der Waals surface area (Å²) in [5.74, 6) is 0. The zero-order valence-electron chi connectivity index (χ0n) is 16.1. The van der Waals surface area contributed by atoms with E-state index in [1.165, 1.54) is 22.5 Å². The summed E-state index contributed by atoms with van der Waals surface area (Å²) in [7, 11) is 0. The number of hydrogen-bond donors (Lipinski definition) is 0. The van der Waals surface area contributed by atoms with E-state index in [1.807, 2.05) is 0 Å². The number of rotatable bonds is 2. The highest BCUT2D eigenvalue weighted by atomic mass is 15.5. The molecule has 1 aliphatic rings. The van der Waals surface area contributed by atoms with Crippen molar-refractivity contribution in [1.82, 2.24) is 0 Å². The first-order valence-electron chi connectivity index (χ1n) is 8.89. The monoisotopic (exact) mass is 322 g/mol. The van der Waals surface area contributed by atoms with E-state index in [0.29, 0.717) is 0 Å². The second kappa shape index (κ2) is 5.54. The van der Waals surface area contributed by atoms with Crippen molar-refractivity contribution >= 4 is 11.4 Å². The Balaban J connectivity index is 2.18. The third-order valence-corrected chi connectivity index (χ3v) is 6.20. The summed E-state index contributed by atoms with van der Waals surface area (Å²) in [6.45, 7) is 16.2. The van der Waals surface area contributed by atoms with Crippen LogP contribution in [0.1, 0.15) is 45.7 Å². The maximum Gasteiger partial charge on any atom is 0.0999 e. The molecular formula is C22H30N2. The SMILES string of the molecule is Cc1ccccc1N1C(C)N(c2ccccc2C)C(C)(C)C1(C)C. The largest absolute Gasteiger partial charge is 0.344 e. The molecular weight excluding hydrogens is 292 g/mol. The van der Waals surface area contributed by atoms with Crippen LogP contribution >= 0.6 is 0 Å². The summed E-state index contributed by atoms with van der Waals surface area (Å²) in [6.07, 6.45) is 0.289. The topological polar surface area (TPSA) is 6.48 Å². The lowest BCUT2D eigenvalue weighted by Crippen LogP contribution is -2.54. The van der Waals surface area contributed by atoms with Crippen molar-refractivity contribution in [3.05, 3.63) is 59.7 Å². The van der Waals surface area contributed by atoms with Gasteiger partial charge in [0.1, 0.15) is 0 Å². The summed E-state index contributed by atoms with van der Waals surface area (Å²) in [5.41, 5.74) is 5.33. The molecule has 24 heavy (non-hydrogen) atoms. The van der Waals surface area contributed by atoms with Crippen LogP contribution in [0, 0.1) is 13.8 Å². The van der Waals surface area contributed by atoms with Gasteiger partial charge in [-0.15, -0.1) is 0 Å². The third kappa shape index (κ3) is 2.23. The molecule has 0 radical (unpaired) electrons. The summed E-state index contributed by atoms with van der Waals surface area (Å²) >= 11 is 0. The Morgan fingerprint density at radius 3 is 1.33 bits per heavy atom. The van der Waals surface area contributed by atoms with Crippen LogP contribution in [0.4, 0.5) is 11.4 Å². The first kappa shape index (κ1) is 16.9. The van der Waals surface area contributed by atoms with Crippen LogP contribution in [-0.4, -0.2) is 17.2 Å². The highest BCUT2D eigenvalue weighted by Gasteiger charge is 2.56. The Kier molecular flexibility index (Phi) is 3.90. The molecule has 0 saturated carbocycles. The average Bonchev–Trinajstić information content (AvgIpc) is 2.64. The number of anilines is 2. The highest BCUT2D eigenvalue weighted by molar-refractivity contribution is 5.67. The minimum Gasteiger partial charge on any atom is -0.344 e. The summed E-state index contributed by atoms with van der Waals surface area (Å²) in [4.78, 5) is 5.18. The molecule has 0 bridgehead atoms. The normalized spacial score (nSPS) is 19.8. The lowest BCUT2D eigenvalue weighted by molar-refractivity contribution is 0.344. The molecule has 0 aromatic heterocycles. The van der Waals surface area contributed by atoms with Crippen molar-refractivity contribution in [2.45, 2.75) is 65.7 Å². The summed E-state index contributed by atoms with van der Waals surface area (Å²) in [5, 5.41) is 0. The molecule has 0 N–H and O–H groups in total. The fraction of sp³-hybridized carbons (Fsp3) is 0.455. The lowest BCUT2D eigenvalue weighted by atomic mass is 9.81. The Bertz CT molecular complexity index is 682. The van der Waals surface area contributed by atoms with Gasteiger partial charge in [-0.1, -0.05) is 36.4 Å². The van der Waals surface area contributed by atoms with Gasteiger partial charge in [0.15, 0.2) is 0 Å². The zero-order chi connectivity index (χ0) is 17.7. The third-order valence-electron chi connectivity index (χ3n) is 6.20. The molecule has 1 heterocycles. The quantitative estimate of drug-likeness (QED) is 0.717. The molecule has 0 amide bonds. The Morgan fingerprint density at radius 2 is 1.00 bits per heavy atom. The van der Waals surface area contributed by atoms with Gasteiger partial charge in [0.2, 0.25) is 0 Å². The van der Waals surface area contributed by atoms with Crippen LogP contribution in [0.15, 0.2) is 48.5 Å². The molecule has 2 aromatic carbocycles. The van der Waals surface area contributed by atoms with Gasteiger partial charge in [0.25, 0.3) is 0 Å². The van der Waals surface area contributed by atoms with Crippen LogP contribution in [0.2, 0.25) is 0 Å². The van der Waals surface area contributed by atoms with Gasteiger partial charge in [-0.3, -0.25) is 0 Å². The molecule has 2 aromatic rings. The van der Waals surface area contributed by atoms with Gasteiger partial charge in [0, 0.05) is 11.4 Å². The minimum absolute atomic E-state index is 0.000805. The zero-order valence-corrected chi connectivity index (χ0v) is 16.1. The predicted molar refractivity (Wildman–Crippen MR) is 105 cm³/mol. The second-order valence-corrected chi connectivity index (χ2v) is 8.06. The molecule has 2 heteroatoms. The van der Waals surface area contributed by atoms with Gasteiger partial charge >= 0.3 is 0 Å². The molecule has 2 nitrogen and oxygen atoms in total. The molecule has 1 fully saturated rings. The lowest BCUT2D eigenvalue weighted by Gasteiger charge is -2.43. The van der Waals surface area contributed by atoms with E-state index in [0.717, 1.165) is 0 Å². The fourth-order valence-corrected chi connectivity index (χ4v) is 4.31. The smallest absolute Gasteiger partial charge is 0.0999 e. The van der Waals surface area contributed by atoms with Crippen LogP contribution in [0.3, 0.4) is 0 Å². The second-order valence-electron chi connectivity index (χ2n) is 8.06. The van der Waals surface area contributed by atoms with Crippen molar-refractivity contribution in [3.8, 4) is 0 Å². The Hall–Kier alpha value is -1.96. The van der Waals surface area contributed by atoms with Crippen LogP contribution < -0.4 is 9.80 Å². The number of para-hydroxylation sites is 2. The number of nitrogens with zero attached hydrogens (tertiary/aromatic N) is 2. The van der Waals surface area contributed by atoms with E-state index in [4.69, 9.17) is 0 Å². The first-order chi connectivity index (χ1) is 11.2. The molecule has 0 spiro atoms. The molecule has 0 unspecified atom stereocenters.